The predicted octanol–water partition coefficient (Wildman–Crippen LogP) is 3.79. The van der Waals surface area contributed by atoms with Crippen LogP contribution in [0.25, 0.3) is 22.6 Å². The first-order valence-corrected chi connectivity index (χ1v) is 8.15. The molecule has 3 rings (SSSR count). The Bertz CT molecular complexity index is 1030. The predicted molar refractivity (Wildman–Crippen MR) is 89.0 cm³/mol. The van der Waals surface area contributed by atoms with Crippen LogP contribution in [0.4, 0.5) is 17.6 Å². The van der Waals surface area contributed by atoms with Gasteiger partial charge in [-0.05, 0) is 12.8 Å². The average Bonchev–Trinajstić information content (AvgIpc) is 2.57. The largest absolute Gasteiger partial charge is 0.427 e. The lowest BCUT2D eigenvalue weighted by Crippen LogP contribution is -2.24. The second-order valence-electron chi connectivity index (χ2n) is 6.43. The van der Waals surface area contributed by atoms with E-state index in [9.17, 15) is 22.8 Å². The summed E-state index contributed by atoms with van der Waals surface area (Å²) < 4.78 is 57.3. The van der Waals surface area contributed by atoms with Gasteiger partial charge in [0, 0.05) is 18.3 Å². The molecule has 1 atom stereocenters. The molecule has 2 aliphatic heterocycles. The number of aromatic nitrogens is 3. The molecule has 1 aromatic rings. The van der Waals surface area contributed by atoms with Crippen LogP contribution < -0.4 is 5.36 Å². The Morgan fingerprint density at radius 2 is 1.67 bits per heavy atom. The van der Waals surface area contributed by atoms with Gasteiger partial charge in [-0.25, -0.2) is 18.2 Å². The first-order valence-electron chi connectivity index (χ1n) is 8.15. The summed E-state index contributed by atoms with van der Waals surface area (Å²) in [5.74, 6) is -5.24. The van der Waals surface area contributed by atoms with Crippen molar-refractivity contribution in [1.82, 2.24) is 14.7 Å². The molecule has 27 heavy (non-hydrogen) atoms. The van der Waals surface area contributed by atoms with Gasteiger partial charge in [-0.3, -0.25) is 4.99 Å². The molecule has 0 spiro atoms. The highest BCUT2D eigenvalue weighted by atomic mass is 19.1. The summed E-state index contributed by atoms with van der Waals surface area (Å²) in [7, 11) is 0. The third kappa shape index (κ3) is 3.36. The van der Waals surface area contributed by atoms with E-state index >= 15 is 0 Å². The van der Waals surface area contributed by atoms with Crippen molar-refractivity contribution in [3.63, 3.8) is 0 Å². The highest BCUT2D eigenvalue weighted by molar-refractivity contribution is 5.70. The Balaban J connectivity index is 2.50. The van der Waals surface area contributed by atoms with Crippen LogP contribution in [0.3, 0.4) is 0 Å². The number of hydrogen-bond donors (Lipinski definition) is 1. The number of benzene rings is 1. The zero-order valence-electron chi connectivity index (χ0n) is 14.7. The van der Waals surface area contributed by atoms with E-state index in [1.165, 1.54) is 6.20 Å². The molecule has 0 saturated heterocycles. The minimum atomic E-state index is -1.30. The van der Waals surface area contributed by atoms with Crippen molar-refractivity contribution in [2.75, 3.05) is 0 Å². The van der Waals surface area contributed by atoms with Crippen LogP contribution in [-0.4, -0.2) is 25.9 Å². The molecule has 0 fully saturated rings. The highest BCUT2D eigenvalue weighted by Crippen LogP contribution is 2.29. The minimum Gasteiger partial charge on any atom is -0.427 e. The van der Waals surface area contributed by atoms with Crippen molar-refractivity contribution in [3.8, 4) is 22.6 Å². The maximum Gasteiger partial charge on any atom is 0.225 e. The maximum atomic E-state index is 14.8. The summed E-state index contributed by atoms with van der Waals surface area (Å²) in [6.45, 7) is 5.48. The Kier molecular flexibility index (Phi) is 4.86. The molecule has 2 aliphatic rings. The number of nitrogens with zero attached hydrogens (tertiary/aromatic N) is 4. The van der Waals surface area contributed by atoms with Gasteiger partial charge in [0.25, 0.3) is 0 Å². The fraction of sp³-hybridized carbons (Fsp3) is 0.278. The Hall–Kier alpha value is -2.97. The number of pyridine rings is 1. The van der Waals surface area contributed by atoms with E-state index in [-0.39, 0.29) is 28.8 Å². The fourth-order valence-electron chi connectivity index (χ4n) is 2.53. The molecule has 2 heterocycles. The lowest BCUT2D eigenvalue weighted by atomic mass is 10.0. The van der Waals surface area contributed by atoms with Crippen LogP contribution in [-0.2, 0) is 0 Å². The van der Waals surface area contributed by atoms with Gasteiger partial charge in [-0.1, -0.05) is 13.8 Å². The van der Waals surface area contributed by atoms with Crippen LogP contribution in [0.15, 0.2) is 29.5 Å². The Morgan fingerprint density at radius 3 is 2.26 bits per heavy atom. The second-order valence-corrected chi connectivity index (χ2v) is 6.43. The second kappa shape index (κ2) is 6.98. The quantitative estimate of drug-likeness (QED) is 0.427. The maximum absolute atomic E-state index is 14.8. The Labute approximate surface area is 152 Å². The molecule has 0 saturated carbocycles. The van der Waals surface area contributed by atoms with Gasteiger partial charge in [0.2, 0.25) is 5.95 Å². The van der Waals surface area contributed by atoms with Crippen LogP contribution in [0, 0.1) is 29.3 Å². The van der Waals surface area contributed by atoms with Crippen molar-refractivity contribution < 1.29 is 22.8 Å². The summed E-state index contributed by atoms with van der Waals surface area (Å²) in [6.07, 6.45) is 2.34. The lowest BCUT2D eigenvalue weighted by Gasteiger charge is -2.16. The molecule has 0 bridgehead atoms. The third-order valence-electron chi connectivity index (χ3n) is 4.27. The molecule has 0 radical (unpaired) electrons. The van der Waals surface area contributed by atoms with Crippen LogP contribution in [0.5, 0.6) is 0 Å². The molecule has 142 valence electrons. The van der Waals surface area contributed by atoms with Gasteiger partial charge in [0.15, 0.2) is 5.82 Å². The van der Waals surface area contributed by atoms with Crippen LogP contribution in [0.2, 0.25) is 0 Å². The zero-order valence-corrected chi connectivity index (χ0v) is 14.7. The molecule has 9 heteroatoms. The average molecular weight is 380 g/mol. The smallest absolute Gasteiger partial charge is 0.225 e. The lowest BCUT2D eigenvalue weighted by molar-refractivity contribution is 0.184. The molecule has 5 nitrogen and oxygen atoms in total. The SMILES string of the molecule is CC(C)C(C)N=c1c2nccn(O)c-2nc(F)c1-c1c(F)cc(F)cc1F. The summed E-state index contributed by atoms with van der Waals surface area (Å²) in [6, 6.07) is 0.527. The topological polar surface area (TPSA) is 63.3 Å². The standard InChI is InChI=1S/C18H16F4N4O/c1-8(2)9(3)24-15-14(13-11(20)6-10(19)7-12(13)21)17(22)25-18-16(15)23-4-5-26(18)27/h4-9,27H,1-3H3. The van der Waals surface area contributed by atoms with E-state index in [0.717, 1.165) is 6.20 Å². The molecule has 0 aromatic heterocycles. The third-order valence-corrected chi connectivity index (χ3v) is 4.27. The van der Waals surface area contributed by atoms with Gasteiger partial charge in [-0.2, -0.15) is 14.1 Å². The number of hydrogen-bond acceptors (Lipinski definition) is 4. The van der Waals surface area contributed by atoms with Crippen molar-refractivity contribution in [3.05, 3.63) is 53.3 Å². The van der Waals surface area contributed by atoms with E-state index in [4.69, 9.17) is 0 Å². The molecular weight excluding hydrogens is 364 g/mol. The van der Waals surface area contributed by atoms with Gasteiger partial charge >= 0.3 is 0 Å². The first kappa shape index (κ1) is 18.8. The van der Waals surface area contributed by atoms with Crippen molar-refractivity contribution >= 4 is 0 Å². The molecule has 0 amide bonds. The summed E-state index contributed by atoms with van der Waals surface area (Å²) in [5.41, 5.74) is -1.43. The monoisotopic (exact) mass is 380 g/mol. The van der Waals surface area contributed by atoms with Crippen molar-refractivity contribution in [1.29, 1.82) is 0 Å². The van der Waals surface area contributed by atoms with E-state index in [0.29, 0.717) is 16.9 Å². The Morgan fingerprint density at radius 1 is 1.04 bits per heavy atom. The summed E-state index contributed by atoms with van der Waals surface area (Å²) >= 11 is 0. The number of rotatable bonds is 3. The van der Waals surface area contributed by atoms with Crippen LogP contribution in [0.1, 0.15) is 20.8 Å². The molecule has 0 aliphatic carbocycles. The summed E-state index contributed by atoms with van der Waals surface area (Å²) in [4.78, 5) is 12.0. The molecule has 1 N–H and O–H groups in total. The van der Waals surface area contributed by atoms with E-state index in [1.54, 1.807) is 6.92 Å². The van der Waals surface area contributed by atoms with Gasteiger partial charge in [0.1, 0.15) is 23.1 Å². The normalized spacial score (nSPS) is 13.6. The van der Waals surface area contributed by atoms with Gasteiger partial charge < -0.3 is 5.21 Å². The minimum absolute atomic E-state index is 0.0250. The van der Waals surface area contributed by atoms with E-state index in [1.807, 2.05) is 13.8 Å². The molecular formula is C18H16F4N4O. The fourth-order valence-corrected chi connectivity index (χ4v) is 2.53. The molecule has 1 unspecified atom stereocenters. The summed E-state index contributed by atoms with van der Waals surface area (Å²) in [5, 5.41) is 9.70. The van der Waals surface area contributed by atoms with Gasteiger partial charge in [0.05, 0.1) is 28.7 Å². The molecule has 1 aromatic carbocycles. The van der Waals surface area contributed by atoms with E-state index < -0.39 is 34.5 Å². The van der Waals surface area contributed by atoms with Crippen molar-refractivity contribution in [2.24, 2.45) is 10.9 Å². The number of fused-ring (bicyclic) bond motifs is 1. The zero-order chi connectivity index (χ0) is 19.9. The number of halogens is 4. The van der Waals surface area contributed by atoms with Crippen molar-refractivity contribution in [2.45, 2.75) is 26.8 Å². The van der Waals surface area contributed by atoms with E-state index in [2.05, 4.69) is 15.0 Å². The van der Waals surface area contributed by atoms with Gasteiger partial charge in [-0.15, -0.1) is 0 Å². The van der Waals surface area contributed by atoms with Crippen LogP contribution >= 0.6 is 0 Å². The highest BCUT2D eigenvalue weighted by Gasteiger charge is 2.26. The first-order chi connectivity index (χ1) is 12.7.